The Balaban J connectivity index is 2.26. The van der Waals surface area contributed by atoms with Crippen LogP contribution in [0, 0.1) is 5.92 Å². The second-order valence-electron chi connectivity index (χ2n) is 6.75. The minimum absolute atomic E-state index is 0.0657. The predicted octanol–water partition coefficient (Wildman–Crippen LogP) is 0.555. The molecule has 1 heterocycles. The van der Waals surface area contributed by atoms with Crippen molar-refractivity contribution in [3.63, 3.8) is 0 Å². The fraction of sp³-hybridized carbons (Fsp3) is 0.632. The van der Waals surface area contributed by atoms with Crippen molar-refractivity contribution < 1.29 is 37.6 Å². The lowest BCUT2D eigenvalue weighted by Crippen LogP contribution is -2.37. The van der Waals surface area contributed by atoms with Crippen molar-refractivity contribution in [1.29, 1.82) is 0 Å². The van der Waals surface area contributed by atoms with E-state index in [1.165, 1.54) is 19.2 Å². The molecule has 0 spiro atoms. The number of hydrogen-bond acceptors (Lipinski definition) is 8. The molecule has 1 aromatic carbocycles. The SMILES string of the molecule is CCOC(=O)C[C@@H]1O[C@H](C[C@H](O)CO)[C@H](OC)[C@H]1CS(=O)(=O)c1ccccc1. The number of benzene rings is 1. The summed E-state index contributed by atoms with van der Waals surface area (Å²) in [6.07, 6.45) is -3.12. The van der Waals surface area contributed by atoms with Gasteiger partial charge in [-0.05, 0) is 19.1 Å². The van der Waals surface area contributed by atoms with Crippen molar-refractivity contribution in [1.82, 2.24) is 0 Å². The molecular formula is C19H28O8S. The average molecular weight is 416 g/mol. The fourth-order valence-corrected chi connectivity index (χ4v) is 5.19. The van der Waals surface area contributed by atoms with Gasteiger partial charge in [-0.15, -0.1) is 0 Å². The van der Waals surface area contributed by atoms with Crippen molar-refractivity contribution >= 4 is 15.8 Å². The maximum Gasteiger partial charge on any atom is 0.308 e. The summed E-state index contributed by atoms with van der Waals surface area (Å²) in [5.74, 6) is -1.39. The van der Waals surface area contributed by atoms with Crippen LogP contribution in [0.2, 0.25) is 0 Å². The van der Waals surface area contributed by atoms with E-state index in [0.29, 0.717) is 0 Å². The van der Waals surface area contributed by atoms with E-state index in [1.807, 2.05) is 0 Å². The molecule has 1 fully saturated rings. The minimum Gasteiger partial charge on any atom is -0.466 e. The number of aliphatic hydroxyl groups is 2. The molecule has 0 bridgehead atoms. The first-order valence-electron chi connectivity index (χ1n) is 9.23. The number of carbonyl (C=O) groups is 1. The molecule has 5 atom stereocenters. The van der Waals surface area contributed by atoms with E-state index in [-0.39, 0.29) is 30.1 Å². The highest BCUT2D eigenvalue weighted by molar-refractivity contribution is 7.91. The molecule has 1 aliphatic heterocycles. The molecule has 0 unspecified atom stereocenters. The van der Waals surface area contributed by atoms with Crippen LogP contribution in [0.4, 0.5) is 0 Å². The number of methoxy groups -OCH3 is 1. The first-order chi connectivity index (χ1) is 13.3. The lowest BCUT2D eigenvalue weighted by molar-refractivity contribution is -0.146. The Kier molecular flexibility index (Phi) is 8.38. The van der Waals surface area contributed by atoms with Crippen LogP contribution in [-0.2, 0) is 28.8 Å². The van der Waals surface area contributed by atoms with Gasteiger partial charge in [0.25, 0.3) is 0 Å². The Morgan fingerprint density at radius 3 is 2.50 bits per heavy atom. The van der Waals surface area contributed by atoms with E-state index in [0.717, 1.165) is 0 Å². The smallest absolute Gasteiger partial charge is 0.308 e. The molecule has 8 nitrogen and oxygen atoms in total. The van der Waals surface area contributed by atoms with Gasteiger partial charge in [-0.2, -0.15) is 0 Å². The normalized spacial score (nSPS) is 26.1. The Morgan fingerprint density at radius 1 is 1.25 bits per heavy atom. The van der Waals surface area contributed by atoms with Gasteiger partial charge in [-0.1, -0.05) is 18.2 Å². The predicted molar refractivity (Wildman–Crippen MR) is 100 cm³/mol. The van der Waals surface area contributed by atoms with Crippen LogP contribution >= 0.6 is 0 Å². The molecule has 0 aliphatic carbocycles. The van der Waals surface area contributed by atoms with Crippen LogP contribution in [0.5, 0.6) is 0 Å². The highest BCUT2D eigenvalue weighted by atomic mass is 32.2. The molecule has 0 amide bonds. The van der Waals surface area contributed by atoms with Crippen molar-refractivity contribution in [2.75, 3.05) is 26.1 Å². The quantitative estimate of drug-likeness (QED) is 0.531. The summed E-state index contributed by atoms with van der Waals surface area (Å²) in [4.78, 5) is 12.2. The van der Waals surface area contributed by atoms with Gasteiger partial charge in [0, 0.05) is 19.4 Å². The zero-order chi connectivity index (χ0) is 20.7. The van der Waals surface area contributed by atoms with Crippen molar-refractivity contribution in [3.8, 4) is 0 Å². The van der Waals surface area contributed by atoms with E-state index in [4.69, 9.17) is 19.3 Å². The Morgan fingerprint density at radius 2 is 1.93 bits per heavy atom. The summed E-state index contributed by atoms with van der Waals surface area (Å²) in [6.45, 7) is 1.44. The fourth-order valence-electron chi connectivity index (χ4n) is 3.51. The molecule has 9 heteroatoms. The second kappa shape index (κ2) is 10.3. The minimum atomic E-state index is -3.65. The van der Waals surface area contributed by atoms with Crippen molar-refractivity contribution in [2.24, 2.45) is 5.92 Å². The Labute approximate surface area is 165 Å². The van der Waals surface area contributed by atoms with Gasteiger partial charge in [0.1, 0.15) is 0 Å². The van der Waals surface area contributed by atoms with Gasteiger partial charge in [-0.3, -0.25) is 4.79 Å². The number of carbonyl (C=O) groups excluding carboxylic acids is 1. The van der Waals surface area contributed by atoms with Crippen LogP contribution in [0.1, 0.15) is 19.8 Å². The number of esters is 1. The van der Waals surface area contributed by atoms with Gasteiger partial charge >= 0.3 is 5.97 Å². The zero-order valence-corrected chi connectivity index (χ0v) is 16.9. The van der Waals surface area contributed by atoms with Crippen LogP contribution in [0.3, 0.4) is 0 Å². The highest BCUT2D eigenvalue weighted by Crippen LogP contribution is 2.35. The molecule has 0 aromatic heterocycles. The van der Waals surface area contributed by atoms with E-state index >= 15 is 0 Å². The third-order valence-electron chi connectivity index (χ3n) is 4.79. The van der Waals surface area contributed by atoms with Crippen LogP contribution in [0.15, 0.2) is 35.2 Å². The standard InChI is InChI=1S/C19H28O8S/c1-3-26-18(22)10-16-15(12-28(23,24)14-7-5-4-6-8-14)19(25-2)17(27-16)9-13(21)11-20/h4-8,13,15-17,19-21H,3,9-12H2,1-2H3/t13-,15-,16-,17+,19+/m0/s1. The second-order valence-corrected chi connectivity index (χ2v) is 8.79. The Hall–Kier alpha value is -1.52. The summed E-state index contributed by atoms with van der Waals surface area (Å²) < 4.78 is 42.1. The summed E-state index contributed by atoms with van der Waals surface area (Å²) in [5, 5.41) is 18.9. The maximum absolute atomic E-state index is 12.9. The number of hydrogen-bond donors (Lipinski definition) is 2. The Bertz CT molecular complexity index is 721. The molecule has 2 N–H and O–H groups in total. The van der Waals surface area contributed by atoms with Gasteiger partial charge in [-0.25, -0.2) is 8.42 Å². The van der Waals surface area contributed by atoms with Crippen molar-refractivity contribution in [3.05, 3.63) is 30.3 Å². The number of rotatable bonds is 10. The average Bonchev–Trinajstić information content (AvgIpc) is 2.97. The molecule has 0 radical (unpaired) electrons. The molecule has 1 aliphatic rings. The summed E-state index contributed by atoms with van der Waals surface area (Å²) in [6, 6.07) is 8.04. The monoisotopic (exact) mass is 416 g/mol. The van der Waals surface area contributed by atoms with Crippen molar-refractivity contribution in [2.45, 2.75) is 49.1 Å². The molecule has 158 valence electrons. The first-order valence-corrected chi connectivity index (χ1v) is 10.9. The van der Waals surface area contributed by atoms with Gasteiger partial charge < -0.3 is 24.4 Å². The number of aliphatic hydroxyl groups excluding tert-OH is 2. The molecule has 1 aromatic rings. The molecule has 2 rings (SSSR count). The van der Waals surface area contributed by atoms with Gasteiger partial charge in [0.2, 0.25) is 0 Å². The van der Waals surface area contributed by atoms with Crippen LogP contribution in [0.25, 0.3) is 0 Å². The van der Waals surface area contributed by atoms with Gasteiger partial charge in [0.05, 0.1) is 54.7 Å². The third kappa shape index (κ3) is 5.74. The molecule has 28 heavy (non-hydrogen) atoms. The lowest BCUT2D eigenvalue weighted by Gasteiger charge is -2.23. The lowest BCUT2D eigenvalue weighted by atomic mass is 9.94. The zero-order valence-electron chi connectivity index (χ0n) is 16.1. The number of ether oxygens (including phenoxy) is 3. The van der Waals surface area contributed by atoms with Crippen LogP contribution in [-0.4, -0.2) is 75.1 Å². The summed E-state index contributed by atoms with van der Waals surface area (Å²) >= 11 is 0. The maximum atomic E-state index is 12.9. The number of sulfone groups is 1. The van der Waals surface area contributed by atoms with E-state index in [9.17, 15) is 18.3 Å². The van der Waals surface area contributed by atoms with E-state index < -0.39 is 52.7 Å². The highest BCUT2D eigenvalue weighted by Gasteiger charge is 2.48. The van der Waals surface area contributed by atoms with Gasteiger partial charge in [0.15, 0.2) is 9.84 Å². The summed E-state index contributed by atoms with van der Waals surface area (Å²) in [5.41, 5.74) is 0. The third-order valence-corrected chi connectivity index (χ3v) is 6.60. The molecule has 0 saturated carbocycles. The largest absolute Gasteiger partial charge is 0.466 e. The van der Waals surface area contributed by atoms with Crippen LogP contribution < -0.4 is 0 Å². The molecular weight excluding hydrogens is 388 g/mol. The van der Waals surface area contributed by atoms with E-state index in [2.05, 4.69) is 0 Å². The summed E-state index contributed by atoms with van der Waals surface area (Å²) in [7, 11) is -2.22. The first kappa shape index (κ1) is 22.8. The topological polar surface area (TPSA) is 119 Å². The van der Waals surface area contributed by atoms with E-state index in [1.54, 1.807) is 25.1 Å². The molecule has 1 saturated heterocycles.